The first-order chi connectivity index (χ1) is 13.2. The number of hydrogen-bond acceptors (Lipinski definition) is 4. The number of rotatable bonds is 5. The van der Waals surface area contributed by atoms with E-state index >= 15 is 0 Å². The molecule has 5 nitrogen and oxygen atoms in total. The number of anilines is 1. The zero-order valence-electron chi connectivity index (χ0n) is 16.9. The lowest BCUT2D eigenvalue weighted by Gasteiger charge is -2.33. The van der Waals surface area contributed by atoms with Gasteiger partial charge in [0.05, 0.1) is 19.1 Å². The van der Waals surface area contributed by atoms with Crippen molar-refractivity contribution in [2.24, 2.45) is 17.1 Å². The number of methoxy groups -OCH3 is 1. The van der Waals surface area contributed by atoms with Crippen molar-refractivity contribution >= 4 is 28.2 Å². The van der Waals surface area contributed by atoms with Crippen LogP contribution in [-0.4, -0.2) is 18.9 Å². The molecule has 3 N–H and O–H groups in total. The average molecular weight is 401 g/mol. The molecule has 1 aromatic heterocycles. The Morgan fingerprint density at radius 3 is 2.50 bits per heavy atom. The number of thiophene rings is 1. The van der Waals surface area contributed by atoms with Crippen LogP contribution in [0.5, 0.6) is 5.75 Å². The molecule has 1 aliphatic carbocycles. The normalized spacial score (nSPS) is 16.4. The number of fused-ring (bicyclic) bond motifs is 1. The average Bonchev–Trinajstić information content (AvgIpc) is 2.98. The van der Waals surface area contributed by atoms with Crippen molar-refractivity contribution in [1.82, 2.24) is 0 Å². The monoisotopic (exact) mass is 400 g/mol. The summed E-state index contributed by atoms with van der Waals surface area (Å²) in [6.07, 6.45) is 3.03. The molecule has 1 aromatic carbocycles. The third-order valence-electron chi connectivity index (χ3n) is 5.51. The fraction of sp³-hybridized carbons (Fsp3) is 0.455. The van der Waals surface area contributed by atoms with Gasteiger partial charge in [-0.3, -0.25) is 9.59 Å². The quantitative estimate of drug-likeness (QED) is 0.790. The number of nitrogens with two attached hydrogens (primary N) is 1. The minimum Gasteiger partial charge on any atom is -0.497 e. The van der Waals surface area contributed by atoms with Crippen LogP contribution in [0.3, 0.4) is 0 Å². The van der Waals surface area contributed by atoms with Gasteiger partial charge >= 0.3 is 0 Å². The molecular formula is C22H28N2O3S. The Morgan fingerprint density at radius 1 is 1.25 bits per heavy atom. The van der Waals surface area contributed by atoms with Crippen LogP contribution in [0.25, 0.3) is 0 Å². The van der Waals surface area contributed by atoms with Crippen molar-refractivity contribution < 1.29 is 14.3 Å². The highest BCUT2D eigenvalue weighted by molar-refractivity contribution is 7.17. The van der Waals surface area contributed by atoms with Gasteiger partial charge in [0, 0.05) is 4.88 Å². The number of nitrogens with one attached hydrogen (secondary N) is 1. The van der Waals surface area contributed by atoms with Crippen LogP contribution in [-0.2, 0) is 24.1 Å². The maximum atomic E-state index is 12.6. The van der Waals surface area contributed by atoms with E-state index in [1.54, 1.807) is 7.11 Å². The molecule has 0 fully saturated rings. The molecule has 0 saturated heterocycles. The molecule has 150 valence electrons. The van der Waals surface area contributed by atoms with Gasteiger partial charge in [-0.2, -0.15) is 0 Å². The number of hydrogen-bond donors (Lipinski definition) is 2. The van der Waals surface area contributed by atoms with Gasteiger partial charge < -0.3 is 15.8 Å². The Hall–Kier alpha value is -2.34. The highest BCUT2D eigenvalue weighted by atomic mass is 32.1. The minimum atomic E-state index is -0.466. The zero-order chi connectivity index (χ0) is 20.5. The lowest BCUT2D eigenvalue weighted by Crippen LogP contribution is -2.27. The van der Waals surface area contributed by atoms with Gasteiger partial charge in [-0.25, -0.2) is 0 Å². The predicted molar refractivity (Wildman–Crippen MR) is 113 cm³/mol. The van der Waals surface area contributed by atoms with Gasteiger partial charge in [0.2, 0.25) is 5.91 Å². The van der Waals surface area contributed by atoms with Gasteiger partial charge in [0.25, 0.3) is 5.91 Å². The number of carbonyl (C=O) groups is 2. The van der Waals surface area contributed by atoms with E-state index in [0.717, 1.165) is 36.1 Å². The zero-order valence-corrected chi connectivity index (χ0v) is 17.7. The highest BCUT2D eigenvalue weighted by Gasteiger charge is 2.33. The van der Waals surface area contributed by atoms with E-state index in [1.165, 1.54) is 16.2 Å². The molecule has 0 aliphatic heterocycles. The lowest BCUT2D eigenvalue weighted by molar-refractivity contribution is -0.115. The molecule has 0 bridgehead atoms. The Labute approximate surface area is 170 Å². The second-order valence-electron chi connectivity index (χ2n) is 8.45. The number of primary amides is 1. The summed E-state index contributed by atoms with van der Waals surface area (Å²) in [5.74, 6) is 0.687. The molecule has 1 heterocycles. The topological polar surface area (TPSA) is 81.4 Å². The Bertz CT molecular complexity index is 878. The Balaban J connectivity index is 1.79. The molecule has 0 spiro atoms. The molecule has 6 heteroatoms. The summed E-state index contributed by atoms with van der Waals surface area (Å²) in [4.78, 5) is 25.8. The van der Waals surface area contributed by atoms with Crippen molar-refractivity contribution in [2.75, 3.05) is 12.4 Å². The molecule has 0 radical (unpaired) electrons. The van der Waals surface area contributed by atoms with Crippen LogP contribution in [0.2, 0.25) is 0 Å². The standard InChI is InChI=1S/C22H28N2O3S/c1-22(2,3)14-7-10-16-17(12-14)28-21(19(16)20(23)26)24-18(25)11-13-5-8-15(27-4)9-6-13/h5-6,8-9,14H,7,10-12H2,1-4H3,(H2,23,26)(H,24,25)/t14-/m1/s1. The molecule has 2 aromatic rings. The molecule has 3 rings (SSSR count). The maximum absolute atomic E-state index is 12.6. The van der Waals surface area contributed by atoms with E-state index in [9.17, 15) is 9.59 Å². The van der Waals surface area contributed by atoms with Gasteiger partial charge in [-0.05, 0) is 53.9 Å². The summed E-state index contributed by atoms with van der Waals surface area (Å²) >= 11 is 1.50. The van der Waals surface area contributed by atoms with Crippen molar-refractivity contribution in [3.8, 4) is 5.75 Å². The first-order valence-electron chi connectivity index (χ1n) is 9.56. The molecule has 28 heavy (non-hydrogen) atoms. The molecule has 1 atom stereocenters. The van der Waals surface area contributed by atoms with E-state index in [0.29, 0.717) is 16.5 Å². The van der Waals surface area contributed by atoms with Gasteiger partial charge in [-0.15, -0.1) is 11.3 Å². The van der Waals surface area contributed by atoms with Crippen molar-refractivity contribution in [3.63, 3.8) is 0 Å². The van der Waals surface area contributed by atoms with Crippen molar-refractivity contribution in [2.45, 2.75) is 46.5 Å². The van der Waals surface area contributed by atoms with Crippen LogP contribution in [0.4, 0.5) is 5.00 Å². The number of benzene rings is 1. The molecular weight excluding hydrogens is 372 g/mol. The molecule has 0 saturated carbocycles. The van der Waals surface area contributed by atoms with Gasteiger partial charge in [0.15, 0.2) is 0 Å². The second-order valence-corrected chi connectivity index (χ2v) is 9.56. The largest absolute Gasteiger partial charge is 0.497 e. The van der Waals surface area contributed by atoms with E-state index in [4.69, 9.17) is 10.5 Å². The van der Waals surface area contributed by atoms with Gasteiger partial charge in [0.1, 0.15) is 10.8 Å². The van der Waals surface area contributed by atoms with Crippen LogP contribution >= 0.6 is 11.3 Å². The first kappa shape index (κ1) is 20.4. The number of carbonyl (C=O) groups excluding carboxylic acids is 2. The van der Waals surface area contributed by atoms with Crippen LogP contribution in [0.1, 0.15) is 53.6 Å². The molecule has 0 unspecified atom stereocenters. The summed E-state index contributed by atoms with van der Waals surface area (Å²) in [6, 6.07) is 7.38. The first-order valence-corrected chi connectivity index (χ1v) is 10.4. The smallest absolute Gasteiger partial charge is 0.251 e. The van der Waals surface area contributed by atoms with Crippen LogP contribution in [0, 0.1) is 11.3 Å². The Kier molecular flexibility index (Phi) is 5.79. The third-order valence-corrected chi connectivity index (χ3v) is 6.68. The summed E-state index contributed by atoms with van der Waals surface area (Å²) in [5, 5.41) is 3.52. The highest BCUT2D eigenvalue weighted by Crippen LogP contribution is 2.44. The summed E-state index contributed by atoms with van der Waals surface area (Å²) < 4.78 is 5.14. The number of amides is 2. The van der Waals surface area contributed by atoms with Crippen molar-refractivity contribution in [1.29, 1.82) is 0 Å². The predicted octanol–water partition coefficient (Wildman–Crippen LogP) is 4.19. The summed E-state index contributed by atoms with van der Waals surface area (Å²) in [5.41, 5.74) is 8.28. The SMILES string of the molecule is COc1ccc(CC(=O)Nc2sc3c(c2C(N)=O)CC[C@@H](C(C)(C)C)C3)cc1. The summed E-state index contributed by atoms with van der Waals surface area (Å²) in [6.45, 7) is 6.76. The van der Waals surface area contributed by atoms with E-state index in [2.05, 4.69) is 26.1 Å². The molecule has 2 amide bonds. The van der Waals surface area contributed by atoms with E-state index < -0.39 is 5.91 Å². The van der Waals surface area contributed by atoms with Crippen LogP contribution < -0.4 is 15.8 Å². The minimum absolute atomic E-state index is 0.154. The van der Waals surface area contributed by atoms with Crippen LogP contribution in [0.15, 0.2) is 24.3 Å². The van der Waals surface area contributed by atoms with E-state index in [1.807, 2.05) is 24.3 Å². The molecule has 1 aliphatic rings. The third kappa shape index (κ3) is 4.38. The second kappa shape index (κ2) is 7.95. The van der Waals surface area contributed by atoms with E-state index in [-0.39, 0.29) is 17.7 Å². The van der Waals surface area contributed by atoms with Gasteiger partial charge in [-0.1, -0.05) is 32.9 Å². The fourth-order valence-electron chi connectivity index (χ4n) is 3.77. The van der Waals surface area contributed by atoms with Crippen molar-refractivity contribution in [3.05, 3.63) is 45.8 Å². The number of ether oxygens (including phenoxy) is 1. The fourth-order valence-corrected chi connectivity index (χ4v) is 5.12. The lowest BCUT2D eigenvalue weighted by atomic mass is 9.72. The Morgan fingerprint density at radius 2 is 1.93 bits per heavy atom. The summed E-state index contributed by atoms with van der Waals surface area (Å²) in [7, 11) is 1.61. The maximum Gasteiger partial charge on any atom is 0.251 e.